The van der Waals surface area contributed by atoms with E-state index in [0.717, 1.165) is 36.7 Å². The first-order chi connectivity index (χ1) is 10.3. The summed E-state index contributed by atoms with van der Waals surface area (Å²) in [5.41, 5.74) is 2.57. The predicted molar refractivity (Wildman–Crippen MR) is 80.5 cm³/mol. The fraction of sp³-hybridized carbons (Fsp3) is 0.733. The van der Waals surface area contributed by atoms with E-state index < -0.39 is 0 Å². The van der Waals surface area contributed by atoms with Crippen molar-refractivity contribution in [2.45, 2.75) is 44.4 Å². The minimum absolute atomic E-state index is 0.0366. The van der Waals surface area contributed by atoms with E-state index >= 15 is 0 Å². The summed E-state index contributed by atoms with van der Waals surface area (Å²) in [6.07, 6.45) is 3.93. The number of fused-ring (bicyclic) bond motifs is 1. The van der Waals surface area contributed by atoms with Crippen LogP contribution in [0.2, 0.25) is 0 Å². The van der Waals surface area contributed by atoms with Crippen LogP contribution in [0, 0.1) is 12.8 Å². The quantitative estimate of drug-likeness (QED) is 0.918. The smallest absolute Gasteiger partial charge is 0.263 e. The summed E-state index contributed by atoms with van der Waals surface area (Å²) >= 11 is 1.42. The highest BCUT2D eigenvalue weighted by molar-refractivity contribution is 7.11. The van der Waals surface area contributed by atoms with E-state index in [9.17, 15) is 4.79 Å². The van der Waals surface area contributed by atoms with Crippen LogP contribution in [0.1, 0.15) is 34.6 Å². The normalized spacial score (nSPS) is 35.5. The van der Waals surface area contributed by atoms with Crippen LogP contribution in [0.4, 0.5) is 0 Å². The Morgan fingerprint density at radius 1 is 1.48 bits per heavy atom. The third-order valence-electron chi connectivity index (χ3n) is 5.16. The van der Waals surface area contributed by atoms with Crippen molar-refractivity contribution < 1.29 is 9.53 Å². The maximum Gasteiger partial charge on any atom is 0.263 e. The van der Waals surface area contributed by atoms with Crippen molar-refractivity contribution in [1.29, 1.82) is 0 Å². The lowest BCUT2D eigenvalue weighted by Gasteiger charge is -2.51. The number of aromatic nitrogens is 1. The molecule has 1 amide bonds. The third-order valence-corrected chi connectivity index (χ3v) is 6.09. The molecule has 1 aliphatic carbocycles. The number of nitrogens with one attached hydrogen (secondary N) is 1. The average molecular weight is 307 g/mol. The van der Waals surface area contributed by atoms with Crippen LogP contribution in [0.25, 0.3) is 0 Å². The number of carbonyl (C=O) groups is 1. The molecule has 2 aliphatic heterocycles. The molecule has 3 heterocycles. The number of ether oxygens (including phenoxy) is 1. The van der Waals surface area contributed by atoms with Gasteiger partial charge in [-0.3, -0.25) is 9.69 Å². The highest BCUT2D eigenvalue weighted by Crippen LogP contribution is 2.43. The van der Waals surface area contributed by atoms with Gasteiger partial charge in [-0.1, -0.05) is 0 Å². The second kappa shape index (κ2) is 5.34. The molecule has 0 aromatic carbocycles. The number of nitrogens with zero attached hydrogens (tertiary/aromatic N) is 2. The maximum atomic E-state index is 12.5. The third kappa shape index (κ3) is 2.20. The zero-order valence-corrected chi connectivity index (χ0v) is 13.1. The van der Waals surface area contributed by atoms with Crippen molar-refractivity contribution in [3.05, 3.63) is 16.1 Å². The van der Waals surface area contributed by atoms with E-state index in [4.69, 9.17) is 4.74 Å². The van der Waals surface area contributed by atoms with E-state index in [1.54, 1.807) is 5.51 Å². The zero-order valence-electron chi connectivity index (χ0n) is 12.2. The van der Waals surface area contributed by atoms with Gasteiger partial charge in [0.2, 0.25) is 0 Å². The Balaban J connectivity index is 1.50. The summed E-state index contributed by atoms with van der Waals surface area (Å²) < 4.78 is 5.90. The first kappa shape index (κ1) is 13.7. The first-order valence-corrected chi connectivity index (χ1v) is 8.70. The number of aryl methyl sites for hydroxylation is 1. The lowest BCUT2D eigenvalue weighted by atomic mass is 9.70. The Morgan fingerprint density at radius 2 is 2.29 bits per heavy atom. The van der Waals surface area contributed by atoms with Gasteiger partial charge in [-0.15, -0.1) is 11.3 Å². The van der Waals surface area contributed by atoms with E-state index in [2.05, 4.69) is 15.2 Å². The van der Waals surface area contributed by atoms with Crippen LogP contribution in [0.3, 0.4) is 0 Å². The Labute approximate surface area is 128 Å². The van der Waals surface area contributed by atoms with Gasteiger partial charge >= 0.3 is 0 Å². The largest absolute Gasteiger partial charge is 0.376 e. The topological polar surface area (TPSA) is 54.5 Å². The van der Waals surface area contributed by atoms with Gasteiger partial charge < -0.3 is 10.1 Å². The summed E-state index contributed by atoms with van der Waals surface area (Å²) in [7, 11) is 0. The molecule has 1 aromatic heterocycles. The molecular formula is C15H21N3O2S. The van der Waals surface area contributed by atoms with Gasteiger partial charge in [-0.25, -0.2) is 4.98 Å². The Morgan fingerprint density at radius 3 is 3.00 bits per heavy atom. The number of likely N-dealkylation sites (tertiary alicyclic amines) is 1. The molecule has 0 unspecified atom stereocenters. The number of thiazole rings is 1. The van der Waals surface area contributed by atoms with E-state index in [0.29, 0.717) is 18.1 Å². The van der Waals surface area contributed by atoms with Crippen molar-refractivity contribution in [3.63, 3.8) is 0 Å². The van der Waals surface area contributed by atoms with Crippen molar-refractivity contribution in [1.82, 2.24) is 15.2 Å². The number of hydrogen-bond donors (Lipinski definition) is 1. The van der Waals surface area contributed by atoms with Crippen molar-refractivity contribution in [3.8, 4) is 0 Å². The van der Waals surface area contributed by atoms with Crippen LogP contribution in [0.5, 0.6) is 0 Å². The maximum absolute atomic E-state index is 12.5. The summed E-state index contributed by atoms with van der Waals surface area (Å²) in [5, 5.41) is 3.27. The van der Waals surface area contributed by atoms with Gasteiger partial charge in [0.1, 0.15) is 4.88 Å². The average Bonchev–Trinajstić information content (AvgIpc) is 3.17. The molecule has 114 valence electrons. The molecule has 5 nitrogen and oxygen atoms in total. The molecule has 21 heavy (non-hydrogen) atoms. The predicted octanol–water partition coefficient (Wildman–Crippen LogP) is 1.43. The highest BCUT2D eigenvalue weighted by Gasteiger charge is 2.56. The van der Waals surface area contributed by atoms with Crippen LogP contribution in [-0.4, -0.2) is 53.7 Å². The van der Waals surface area contributed by atoms with Gasteiger partial charge in [-0.05, 0) is 39.3 Å². The molecule has 3 fully saturated rings. The molecular weight excluding hydrogens is 286 g/mol. The van der Waals surface area contributed by atoms with E-state index in [1.807, 2.05) is 6.92 Å². The molecule has 6 heteroatoms. The van der Waals surface area contributed by atoms with Gasteiger partial charge in [0.05, 0.1) is 29.4 Å². The number of rotatable bonds is 3. The molecule has 1 saturated carbocycles. The molecule has 3 aliphatic rings. The minimum atomic E-state index is 0.0366. The summed E-state index contributed by atoms with van der Waals surface area (Å²) in [6.45, 7) is 5.02. The fourth-order valence-corrected chi connectivity index (χ4v) is 4.79. The molecule has 0 bridgehead atoms. The van der Waals surface area contributed by atoms with Crippen LogP contribution < -0.4 is 5.32 Å². The van der Waals surface area contributed by atoms with Crippen molar-refractivity contribution in [2.24, 2.45) is 5.92 Å². The van der Waals surface area contributed by atoms with Gasteiger partial charge in [-0.2, -0.15) is 0 Å². The Bertz CT molecular complexity index is 536. The van der Waals surface area contributed by atoms with Crippen molar-refractivity contribution >= 4 is 17.2 Å². The van der Waals surface area contributed by atoms with Crippen LogP contribution >= 0.6 is 11.3 Å². The molecule has 4 atom stereocenters. The number of hydrogen-bond acceptors (Lipinski definition) is 5. The van der Waals surface area contributed by atoms with E-state index in [-0.39, 0.29) is 11.9 Å². The number of carbonyl (C=O) groups excluding carboxylic acids is 1. The second-order valence-electron chi connectivity index (χ2n) is 6.29. The Kier molecular flexibility index (Phi) is 3.47. The van der Waals surface area contributed by atoms with Gasteiger partial charge in [0, 0.05) is 12.5 Å². The lowest BCUT2D eigenvalue weighted by Crippen LogP contribution is -2.70. The van der Waals surface area contributed by atoms with Crippen LogP contribution in [-0.2, 0) is 4.74 Å². The molecule has 1 aromatic rings. The number of amides is 1. The SMILES string of the molecule is Cc1ncsc1C(=O)N[C@H]1[C@H]2CCO[C@H]2[C@@H]1N1CCCC1. The Hall–Kier alpha value is -0.980. The second-order valence-corrected chi connectivity index (χ2v) is 7.14. The highest BCUT2D eigenvalue weighted by atomic mass is 32.1. The molecule has 2 saturated heterocycles. The monoisotopic (exact) mass is 307 g/mol. The van der Waals surface area contributed by atoms with Gasteiger partial charge in [0.25, 0.3) is 5.91 Å². The summed E-state index contributed by atoms with van der Waals surface area (Å²) in [5.74, 6) is 0.530. The van der Waals surface area contributed by atoms with Crippen molar-refractivity contribution in [2.75, 3.05) is 19.7 Å². The summed E-state index contributed by atoms with van der Waals surface area (Å²) in [6, 6.07) is 0.613. The molecule has 1 N–H and O–H groups in total. The van der Waals surface area contributed by atoms with E-state index in [1.165, 1.54) is 24.2 Å². The summed E-state index contributed by atoms with van der Waals surface area (Å²) in [4.78, 5) is 19.9. The van der Waals surface area contributed by atoms with Gasteiger partial charge in [0.15, 0.2) is 0 Å². The first-order valence-electron chi connectivity index (χ1n) is 7.82. The fourth-order valence-electron chi connectivity index (χ4n) is 4.08. The standard InChI is InChI=1S/C15H21N3O2S/c1-9-14(21-8-16-9)15(19)17-11-10-4-7-20-13(10)12(11)18-5-2-3-6-18/h8,10-13H,2-7H2,1H3,(H,17,19)/t10-,11+,12-,13-/m1/s1. The zero-order chi connectivity index (χ0) is 14.4. The minimum Gasteiger partial charge on any atom is -0.376 e. The molecule has 4 rings (SSSR count). The molecule has 0 radical (unpaired) electrons. The molecule has 0 spiro atoms. The lowest BCUT2D eigenvalue weighted by molar-refractivity contribution is -0.0747. The van der Waals surface area contributed by atoms with Crippen LogP contribution in [0.15, 0.2) is 5.51 Å².